The lowest BCUT2D eigenvalue weighted by molar-refractivity contribution is -0.116. The quantitative estimate of drug-likeness (QED) is 0.540. The number of hydrogen-bond donors (Lipinski definition) is 2. The molecule has 1 fully saturated rings. The monoisotopic (exact) mass is 507 g/mol. The third-order valence-corrected chi connectivity index (χ3v) is 9.41. The van der Waals surface area contributed by atoms with Crippen molar-refractivity contribution in [1.82, 2.24) is 9.03 Å². The summed E-state index contributed by atoms with van der Waals surface area (Å²) in [5.74, 6) is -0.252. The third kappa shape index (κ3) is 6.65. The van der Waals surface area contributed by atoms with E-state index >= 15 is 0 Å². The van der Waals surface area contributed by atoms with Crippen LogP contribution in [0, 0.1) is 6.92 Å². The van der Waals surface area contributed by atoms with Gasteiger partial charge in [0.1, 0.15) is 0 Å². The molecule has 2 aromatic carbocycles. The number of amides is 1. The maximum absolute atomic E-state index is 12.6. The summed E-state index contributed by atoms with van der Waals surface area (Å²) in [7, 11) is -4.25. The van der Waals surface area contributed by atoms with Crippen molar-refractivity contribution in [3.8, 4) is 0 Å². The van der Waals surface area contributed by atoms with E-state index in [0.29, 0.717) is 12.1 Å². The van der Waals surface area contributed by atoms with Crippen molar-refractivity contribution >= 4 is 31.6 Å². The summed E-state index contributed by atoms with van der Waals surface area (Å²) in [5, 5.41) is 2.79. The Kier molecular flexibility index (Phi) is 8.51. The number of aryl methyl sites for hydroxylation is 2. The summed E-state index contributed by atoms with van der Waals surface area (Å²) < 4.78 is 53.9. The van der Waals surface area contributed by atoms with E-state index < -0.39 is 20.0 Å². The molecule has 0 saturated heterocycles. The van der Waals surface area contributed by atoms with Crippen LogP contribution in [0.4, 0.5) is 5.69 Å². The number of carbonyl (C=O) groups excluding carboxylic acids is 1. The van der Waals surface area contributed by atoms with E-state index in [1.165, 1.54) is 26.2 Å². The molecule has 186 valence electrons. The highest BCUT2D eigenvalue weighted by molar-refractivity contribution is 7.89. The molecule has 1 aliphatic carbocycles. The molecule has 2 aromatic rings. The topological polar surface area (TPSA) is 113 Å². The Bertz CT molecular complexity index is 1220. The van der Waals surface area contributed by atoms with Crippen molar-refractivity contribution in [3.05, 3.63) is 53.6 Å². The van der Waals surface area contributed by atoms with Crippen LogP contribution in [0.5, 0.6) is 0 Å². The second kappa shape index (κ2) is 11.0. The van der Waals surface area contributed by atoms with Gasteiger partial charge in [0.2, 0.25) is 26.0 Å². The molecule has 0 bridgehead atoms. The first-order valence-corrected chi connectivity index (χ1v) is 14.4. The SMILES string of the molecule is Cc1ccc(S(=O)(=O)N(C)C)cc1NC(=O)CCc1ccc(S(=O)(=O)NC2CCCCC2)cc1. The first-order chi connectivity index (χ1) is 16.0. The van der Waals surface area contributed by atoms with Crippen LogP contribution in [0.1, 0.15) is 49.7 Å². The molecule has 0 spiro atoms. The molecule has 0 aromatic heterocycles. The van der Waals surface area contributed by atoms with Crippen molar-refractivity contribution < 1.29 is 21.6 Å². The van der Waals surface area contributed by atoms with Crippen molar-refractivity contribution in [1.29, 1.82) is 0 Å². The zero-order valence-electron chi connectivity index (χ0n) is 19.9. The van der Waals surface area contributed by atoms with Crippen molar-refractivity contribution in [2.24, 2.45) is 0 Å². The molecule has 2 N–H and O–H groups in total. The van der Waals surface area contributed by atoms with Gasteiger partial charge in [0.05, 0.1) is 9.79 Å². The van der Waals surface area contributed by atoms with Crippen LogP contribution < -0.4 is 10.0 Å². The molecule has 0 aliphatic heterocycles. The molecule has 0 heterocycles. The van der Waals surface area contributed by atoms with E-state index in [4.69, 9.17) is 0 Å². The Labute approximate surface area is 202 Å². The largest absolute Gasteiger partial charge is 0.326 e. The van der Waals surface area contributed by atoms with Gasteiger partial charge < -0.3 is 5.32 Å². The van der Waals surface area contributed by atoms with Crippen molar-refractivity contribution in [2.45, 2.75) is 67.7 Å². The third-order valence-electron chi connectivity index (χ3n) is 6.06. The highest BCUT2D eigenvalue weighted by Gasteiger charge is 2.22. The molecular formula is C24H33N3O5S2. The van der Waals surface area contributed by atoms with Crippen LogP contribution in [0.25, 0.3) is 0 Å². The molecule has 3 rings (SSSR count). The highest BCUT2D eigenvalue weighted by Crippen LogP contribution is 2.23. The van der Waals surface area contributed by atoms with Crippen LogP contribution in [0.2, 0.25) is 0 Å². The molecule has 1 amide bonds. The molecule has 0 atom stereocenters. The summed E-state index contributed by atoms with van der Waals surface area (Å²) >= 11 is 0. The highest BCUT2D eigenvalue weighted by atomic mass is 32.2. The molecule has 0 radical (unpaired) electrons. The number of anilines is 1. The van der Waals surface area contributed by atoms with Gasteiger partial charge in [-0.05, 0) is 61.6 Å². The standard InChI is InChI=1S/C24H33N3O5S2/c1-18-9-13-22(34(31,32)27(2)3)17-23(18)25-24(28)16-12-19-10-14-21(15-11-19)33(29,30)26-20-7-5-4-6-8-20/h9-11,13-15,17,20,26H,4-8,12,16H2,1-3H3,(H,25,28). The molecule has 10 heteroatoms. The van der Waals surface area contributed by atoms with Crippen LogP contribution in [-0.4, -0.2) is 47.2 Å². The number of hydrogen-bond acceptors (Lipinski definition) is 5. The predicted octanol–water partition coefficient (Wildman–Crippen LogP) is 3.43. The summed E-state index contributed by atoms with van der Waals surface area (Å²) in [6.45, 7) is 1.79. The molecule has 0 unspecified atom stereocenters. The van der Waals surface area contributed by atoms with Crippen LogP contribution in [0.15, 0.2) is 52.3 Å². The lowest BCUT2D eigenvalue weighted by atomic mass is 9.96. The summed E-state index contributed by atoms with van der Waals surface area (Å²) in [5.41, 5.74) is 2.04. The predicted molar refractivity (Wildman–Crippen MR) is 133 cm³/mol. The first kappa shape index (κ1) is 26.3. The van der Waals surface area contributed by atoms with Gasteiger partial charge in [-0.3, -0.25) is 4.79 Å². The van der Waals surface area contributed by atoms with Crippen molar-refractivity contribution in [3.63, 3.8) is 0 Å². The molecular weight excluding hydrogens is 474 g/mol. The molecule has 1 saturated carbocycles. The van der Waals surface area contributed by atoms with E-state index in [-0.39, 0.29) is 28.2 Å². The normalized spacial score (nSPS) is 15.4. The summed E-state index contributed by atoms with van der Waals surface area (Å²) in [6.07, 6.45) is 5.59. The minimum Gasteiger partial charge on any atom is -0.326 e. The molecule has 1 aliphatic rings. The Morgan fingerprint density at radius 2 is 1.56 bits per heavy atom. The first-order valence-electron chi connectivity index (χ1n) is 11.4. The van der Waals surface area contributed by atoms with Crippen LogP contribution in [0.3, 0.4) is 0 Å². The fraction of sp³-hybridized carbons (Fsp3) is 0.458. The number of rotatable bonds is 9. The van der Waals surface area contributed by atoms with Gasteiger partial charge in [-0.15, -0.1) is 0 Å². The van der Waals surface area contributed by atoms with E-state index in [1.54, 1.807) is 37.3 Å². The van der Waals surface area contributed by atoms with Crippen molar-refractivity contribution in [2.75, 3.05) is 19.4 Å². The summed E-state index contributed by atoms with van der Waals surface area (Å²) in [6, 6.07) is 11.2. The van der Waals surface area contributed by atoms with Gasteiger partial charge in [0.25, 0.3) is 0 Å². The van der Waals surface area contributed by atoms with Crippen LogP contribution in [-0.2, 0) is 31.3 Å². The number of benzene rings is 2. The average molecular weight is 508 g/mol. The zero-order chi connectivity index (χ0) is 24.9. The van der Waals surface area contributed by atoms with Gasteiger partial charge in [-0.1, -0.05) is 37.5 Å². The minimum atomic E-state index is -3.61. The number of nitrogens with one attached hydrogen (secondary N) is 2. The Morgan fingerprint density at radius 1 is 0.941 bits per heavy atom. The maximum atomic E-state index is 12.6. The van der Waals surface area contributed by atoms with E-state index in [2.05, 4.69) is 10.0 Å². The van der Waals surface area contributed by atoms with Gasteiger partial charge in [0, 0.05) is 32.2 Å². The van der Waals surface area contributed by atoms with Gasteiger partial charge in [-0.25, -0.2) is 25.9 Å². The Hall–Kier alpha value is -2.27. The smallest absolute Gasteiger partial charge is 0.242 e. The minimum absolute atomic E-state index is 0.00297. The number of sulfonamides is 2. The van der Waals surface area contributed by atoms with Gasteiger partial charge in [-0.2, -0.15) is 0 Å². The fourth-order valence-electron chi connectivity index (χ4n) is 3.92. The number of nitrogens with zero attached hydrogens (tertiary/aromatic N) is 1. The molecule has 8 nitrogen and oxygen atoms in total. The van der Waals surface area contributed by atoms with E-state index in [9.17, 15) is 21.6 Å². The number of carbonyl (C=O) groups is 1. The average Bonchev–Trinajstić information content (AvgIpc) is 2.79. The zero-order valence-corrected chi connectivity index (χ0v) is 21.5. The molecule has 34 heavy (non-hydrogen) atoms. The second-order valence-corrected chi connectivity index (χ2v) is 12.8. The van der Waals surface area contributed by atoms with Gasteiger partial charge >= 0.3 is 0 Å². The Morgan fingerprint density at radius 3 is 2.18 bits per heavy atom. The lowest BCUT2D eigenvalue weighted by Crippen LogP contribution is -2.36. The summed E-state index contributed by atoms with van der Waals surface area (Å²) in [4.78, 5) is 12.8. The maximum Gasteiger partial charge on any atom is 0.242 e. The second-order valence-electron chi connectivity index (χ2n) is 8.91. The fourth-order valence-corrected chi connectivity index (χ4v) is 6.15. The van der Waals surface area contributed by atoms with E-state index in [1.807, 2.05) is 0 Å². The lowest BCUT2D eigenvalue weighted by Gasteiger charge is -2.22. The van der Waals surface area contributed by atoms with E-state index in [0.717, 1.165) is 47.5 Å². The van der Waals surface area contributed by atoms with Gasteiger partial charge in [0.15, 0.2) is 0 Å². The van der Waals surface area contributed by atoms with Crippen LogP contribution >= 0.6 is 0 Å². The Balaban J connectivity index is 1.59.